The van der Waals surface area contributed by atoms with E-state index in [1.165, 1.54) is 0 Å². The molecule has 1 aliphatic heterocycles. The first-order chi connectivity index (χ1) is 12.6. The summed E-state index contributed by atoms with van der Waals surface area (Å²) in [6.45, 7) is 2.13. The van der Waals surface area contributed by atoms with Gasteiger partial charge in [0.25, 0.3) is 0 Å². The highest BCUT2D eigenvalue weighted by atomic mass is 15.2. The number of fused-ring (bicyclic) bond motifs is 1. The van der Waals surface area contributed by atoms with Gasteiger partial charge in [0, 0.05) is 17.3 Å². The van der Waals surface area contributed by atoms with Gasteiger partial charge in [-0.3, -0.25) is 0 Å². The monoisotopic (exact) mass is 349 g/mol. The van der Waals surface area contributed by atoms with Crippen molar-refractivity contribution in [3.8, 4) is 11.3 Å². The number of aromatic nitrogens is 3. The van der Waals surface area contributed by atoms with Crippen LogP contribution in [-0.2, 0) is 0 Å². The van der Waals surface area contributed by atoms with Gasteiger partial charge in [0.2, 0.25) is 5.95 Å². The molecule has 7 heteroatoms. The summed E-state index contributed by atoms with van der Waals surface area (Å²) in [6, 6.07) is 11.8. The first-order valence-corrected chi connectivity index (χ1v) is 8.84. The molecule has 7 nitrogen and oxygen atoms in total. The fourth-order valence-corrected chi connectivity index (χ4v) is 3.31. The zero-order valence-electron chi connectivity index (χ0n) is 14.8. The van der Waals surface area contributed by atoms with Gasteiger partial charge in [-0.15, -0.1) is 0 Å². The van der Waals surface area contributed by atoms with Crippen molar-refractivity contribution in [1.82, 2.24) is 19.9 Å². The molecule has 0 spiro atoms. The van der Waals surface area contributed by atoms with Crippen LogP contribution in [0.5, 0.6) is 0 Å². The molecule has 26 heavy (non-hydrogen) atoms. The number of benzene rings is 1. The topological polar surface area (TPSA) is 106 Å². The predicted molar refractivity (Wildman–Crippen MR) is 106 cm³/mol. The number of hydrogen-bond donors (Lipinski definition) is 3. The molecule has 4 rings (SSSR count). The third kappa shape index (κ3) is 3.25. The number of pyridine rings is 1. The quantitative estimate of drug-likeness (QED) is 0.623. The minimum atomic E-state index is 0.357. The first-order valence-electron chi connectivity index (χ1n) is 8.84. The Morgan fingerprint density at radius 3 is 2.54 bits per heavy atom. The summed E-state index contributed by atoms with van der Waals surface area (Å²) in [4.78, 5) is 16.0. The first kappa shape index (κ1) is 16.5. The van der Waals surface area contributed by atoms with Gasteiger partial charge in [0.1, 0.15) is 5.82 Å². The highest BCUT2D eigenvalue weighted by Crippen LogP contribution is 2.27. The van der Waals surface area contributed by atoms with Crippen LogP contribution in [0.3, 0.4) is 0 Å². The molecule has 0 bridgehead atoms. The van der Waals surface area contributed by atoms with E-state index in [0.29, 0.717) is 29.1 Å². The Morgan fingerprint density at radius 2 is 1.77 bits per heavy atom. The minimum Gasteiger partial charge on any atom is -0.398 e. The number of piperidine rings is 1. The molecule has 0 atom stereocenters. The summed E-state index contributed by atoms with van der Waals surface area (Å²) in [5.41, 5.74) is 15.1. The largest absolute Gasteiger partial charge is 0.398 e. The lowest BCUT2D eigenvalue weighted by atomic mass is 10.1. The Labute approximate surface area is 152 Å². The molecule has 1 saturated heterocycles. The number of rotatable bonds is 3. The highest BCUT2D eigenvalue weighted by Gasteiger charge is 2.18. The van der Waals surface area contributed by atoms with Crippen molar-refractivity contribution >= 4 is 28.5 Å². The van der Waals surface area contributed by atoms with Crippen LogP contribution in [-0.4, -0.2) is 46.0 Å². The summed E-state index contributed by atoms with van der Waals surface area (Å²) in [6.07, 6.45) is 2.12. The smallest absolute Gasteiger partial charge is 0.226 e. The van der Waals surface area contributed by atoms with Gasteiger partial charge in [0.05, 0.1) is 11.1 Å². The molecule has 0 saturated carbocycles. The minimum absolute atomic E-state index is 0.357. The number of nitrogen functional groups attached to an aromatic ring is 2. The maximum atomic E-state index is 6.14. The lowest BCUT2D eigenvalue weighted by Gasteiger charge is -2.29. The summed E-state index contributed by atoms with van der Waals surface area (Å²) in [5.74, 6) is 0.973. The highest BCUT2D eigenvalue weighted by molar-refractivity contribution is 5.89. The Kier molecular flexibility index (Phi) is 4.30. The van der Waals surface area contributed by atoms with Gasteiger partial charge >= 0.3 is 0 Å². The number of nitrogens with one attached hydrogen (secondary N) is 1. The van der Waals surface area contributed by atoms with E-state index in [1.807, 2.05) is 36.4 Å². The molecule has 0 aliphatic carbocycles. The van der Waals surface area contributed by atoms with E-state index in [2.05, 4.69) is 32.2 Å². The van der Waals surface area contributed by atoms with Crippen LogP contribution in [0, 0.1) is 0 Å². The summed E-state index contributed by atoms with van der Waals surface area (Å²) < 4.78 is 0. The van der Waals surface area contributed by atoms with Crippen LogP contribution < -0.4 is 16.8 Å². The van der Waals surface area contributed by atoms with E-state index >= 15 is 0 Å². The third-order valence-electron chi connectivity index (χ3n) is 4.88. The lowest BCUT2D eigenvalue weighted by molar-refractivity contribution is 0.263. The van der Waals surface area contributed by atoms with Crippen molar-refractivity contribution < 1.29 is 0 Å². The van der Waals surface area contributed by atoms with Crippen LogP contribution in [0.4, 0.5) is 17.5 Å². The van der Waals surface area contributed by atoms with E-state index in [9.17, 15) is 0 Å². The fourth-order valence-electron chi connectivity index (χ4n) is 3.31. The number of likely N-dealkylation sites (tertiary alicyclic amines) is 1. The van der Waals surface area contributed by atoms with Crippen molar-refractivity contribution in [2.24, 2.45) is 0 Å². The third-order valence-corrected chi connectivity index (χ3v) is 4.88. The number of anilines is 3. The maximum Gasteiger partial charge on any atom is 0.226 e. The van der Waals surface area contributed by atoms with E-state index in [4.69, 9.17) is 11.5 Å². The average Bonchev–Trinajstić information content (AvgIpc) is 2.64. The van der Waals surface area contributed by atoms with Crippen molar-refractivity contribution in [3.63, 3.8) is 0 Å². The Hall–Kier alpha value is -2.93. The van der Waals surface area contributed by atoms with E-state index in [1.54, 1.807) is 0 Å². The van der Waals surface area contributed by atoms with Crippen molar-refractivity contribution in [2.75, 3.05) is 36.9 Å². The van der Waals surface area contributed by atoms with Gasteiger partial charge in [-0.05, 0) is 51.2 Å². The zero-order chi connectivity index (χ0) is 18.1. The van der Waals surface area contributed by atoms with Gasteiger partial charge in [-0.1, -0.05) is 18.2 Å². The lowest BCUT2D eigenvalue weighted by Crippen LogP contribution is -2.37. The van der Waals surface area contributed by atoms with Gasteiger partial charge in [0.15, 0.2) is 5.65 Å². The van der Waals surface area contributed by atoms with Gasteiger partial charge < -0.3 is 21.7 Å². The van der Waals surface area contributed by atoms with Gasteiger partial charge in [-0.2, -0.15) is 9.97 Å². The van der Waals surface area contributed by atoms with Crippen LogP contribution in [0.25, 0.3) is 22.3 Å². The summed E-state index contributed by atoms with van der Waals surface area (Å²) in [7, 11) is 2.14. The van der Waals surface area contributed by atoms with Crippen LogP contribution in [0.1, 0.15) is 12.8 Å². The van der Waals surface area contributed by atoms with Gasteiger partial charge in [-0.25, -0.2) is 4.98 Å². The second-order valence-corrected chi connectivity index (χ2v) is 6.81. The van der Waals surface area contributed by atoms with Crippen molar-refractivity contribution in [3.05, 3.63) is 36.4 Å². The molecule has 1 fully saturated rings. The molecule has 2 aromatic heterocycles. The number of nitrogens with zero attached hydrogens (tertiary/aromatic N) is 4. The number of nitrogens with two attached hydrogens (primary N) is 2. The standard InChI is InChI=1S/C19H23N7/c1-26-10-8-12(9-11-26)22-19-24-17(21)14-6-7-16(23-18(14)25-19)13-4-2-3-5-15(13)20/h2-7,12H,8-11,20H2,1H3,(H3,21,22,23,24,25). The van der Waals surface area contributed by atoms with Crippen LogP contribution >= 0.6 is 0 Å². The molecule has 3 heterocycles. The Morgan fingerprint density at radius 1 is 1.00 bits per heavy atom. The van der Waals surface area contributed by atoms with Crippen LogP contribution in [0.15, 0.2) is 36.4 Å². The normalized spacial score (nSPS) is 16.0. The molecular formula is C19H23N7. The Bertz CT molecular complexity index is 932. The second-order valence-electron chi connectivity index (χ2n) is 6.81. The molecule has 1 aliphatic rings. The zero-order valence-corrected chi connectivity index (χ0v) is 14.8. The maximum absolute atomic E-state index is 6.14. The molecule has 3 aromatic rings. The second kappa shape index (κ2) is 6.76. The molecule has 5 N–H and O–H groups in total. The van der Waals surface area contributed by atoms with Crippen LogP contribution in [0.2, 0.25) is 0 Å². The van der Waals surface area contributed by atoms with Crippen molar-refractivity contribution in [2.45, 2.75) is 18.9 Å². The van der Waals surface area contributed by atoms with E-state index < -0.39 is 0 Å². The summed E-state index contributed by atoms with van der Waals surface area (Å²) in [5, 5.41) is 4.16. The molecule has 1 aromatic carbocycles. The molecule has 0 amide bonds. The Balaban J connectivity index is 1.67. The molecule has 0 unspecified atom stereocenters. The van der Waals surface area contributed by atoms with Crippen molar-refractivity contribution in [1.29, 1.82) is 0 Å². The fraction of sp³-hybridized carbons (Fsp3) is 0.316. The average molecular weight is 349 g/mol. The molecule has 0 radical (unpaired) electrons. The van der Waals surface area contributed by atoms with E-state index in [0.717, 1.165) is 42.6 Å². The molecule has 134 valence electrons. The number of hydrogen-bond acceptors (Lipinski definition) is 7. The summed E-state index contributed by atoms with van der Waals surface area (Å²) >= 11 is 0. The predicted octanol–water partition coefficient (Wildman–Crippen LogP) is 2.36. The molecular weight excluding hydrogens is 326 g/mol. The van der Waals surface area contributed by atoms with E-state index in [-0.39, 0.29) is 0 Å². The SMILES string of the molecule is CN1CCC(Nc2nc(N)c3ccc(-c4ccccc4N)nc3n2)CC1. The number of para-hydroxylation sites is 1.